The van der Waals surface area contributed by atoms with Crippen molar-refractivity contribution in [3.05, 3.63) is 23.3 Å². The first-order chi connectivity index (χ1) is 7.72. The Morgan fingerprint density at radius 2 is 2.38 bits per heavy atom. The molecule has 0 saturated carbocycles. The van der Waals surface area contributed by atoms with Crippen LogP contribution in [0.25, 0.3) is 11.7 Å². The Bertz CT molecular complexity index is 515. The van der Waals surface area contributed by atoms with E-state index >= 15 is 0 Å². The van der Waals surface area contributed by atoms with Gasteiger partial charge >= 0.3 is 0 Å². The molecule has 1 unspecified atom stereocenters. The number of rotatable bonds is 1. The molecule has 84 valence electrons. The summed E-state index contributed by atoms with van der Waals surface area (Å²) in [5, 5.41) is 9.55. The van der Waals surface area contributed by atoms with Gasteiger partial charge in [-0.3, -0.25) is 0 Å². The van der Waals surface area contributed by atoms with Crippen LogP contribution < -0.4 is 0 Å². The molecule has 0 radical (unpaired) electrons. The summed E-state index contributed by atoms with van der Waals surface area (Å²) in [6, 6.07) is 0. The summed E-state index contributed by atoms with van der Waals surface area (Å²) in [5.41, 5.74) is 2.87. The minimum absolute atomic E-state index is 0.257. The maximum absolute atomic E-state index is 9.55. The summed E-state index contributed by atoms with van der Waals surface area (Å²) in [5.74, 6) is 1.17. The van der Waals surface area contributed by atoms with E-state index < -0.39 is 0 Å². The van der Waals surface area contributed by atoms with Gasteiger partial charge in [-0.1, -0.05) is 0 Å². The molecule has 1 aliphatic rings. The quantitative estimate of drug-likeness (QED) is 0.756. The summed E-state index contributed by atoms with van der Waals surface area (Å²) in [4.78, 5) is 11.8. The van der Waals surface area contributed by atoms with E-state index in [1.165, 1.54) is 0 Å². The van der Waals surface area contributed by atoms with E-state index in [0.717, 1.165) is 29.9 Å². The van der Waals surface area contributed by atoms with E-state index in [0.29, 0.717) is 18.1 Å². The fraction of sp³-hybridized carbons (Fsp3) is 0.455. The van der Waals surface area contributed by atoms with E-state index in [-0.39, 0.29) is 6.10 Å². The van der Waals surface area contributed by atoms with Gasteiger partial charge in [0.25, 0.3) is 5.89 Å². The number of aliphatic hydroxyl groups is 1. The van der Waals surface area contributed by atoms with Crippen LogP contribution in [-0.4, -0.2) is 26.2 Å². The number of H-pyrrole nitrogens is 1. The zero-order valence-corrected chi connectivity index (χ0v) is 9.03. The van der Waals surface area contributed by atoms with Gasteiger partial charge in [0.05, 0.1) is 17.5 Å². The molecule has 0 amide bonds. The highest BCUT2D eigenvalue weighted by Gasteiger charge is 2.22. The number of nitrogens with zero attached hydrogens (tertiary/aromatic N) is 2. The minimum Gasteiger partial charge on any atom is -0.442 e. The number of aliphatic hydroxyl groups excluding tert-OH is 1. The number of imidazole rings is 1. The summed E-state index contributed by atoms with van der Waals surface area (Å²) < 4.78 is 5.29. The van der Waals surface area contributed by atoms with Crippen LogP contribution >= 0.6 is 0 Å². The maximum atomic E-state index is 9.55. The zero-order valence-electron chi connectivity index (χ0n) is 9.03. The topological polar surface area (TPSA) is 74.9 Å². The molecule has 0 fully saturated rings. The lowest BCUT2D eigenvalue weighted by atomic mass is 9.99. The monoisotopic (exact) mass is 219 g/mol. The van der Waals surface area contributed by atoms with Crippen molar-refractivity contribution in [3.63, 3.8) is 0 Å². The highest BCUT2D eigenvalue weighted by atomic mass is 16.3. The molecular formula is C11H13N3O2. The molecule has 16 heavy (non-hydrogen) atoms. The molecule has 0 aromatic carbocycles. The van der Waals surface area contributed by atoms with E-state index in [1.54, 1.807) is 6.26 Å². The molecule has 1 atom stereocenters. The lowest BCUT2D eigenvalue weighted by molar-refractivity contribution is 0.157. The van der Waals surface area contributed by atoms with Gasteiger partial charge in [-0.05, 0) is 19.8 Å². The third-order valence-corrected chi connectivity index (χ3v) is 2.84. The average molecular weight is 219 g/mol. The Labute approximate surface area is 92.5 Å². The molecule has 1 aliphatic carbocycles. The normalized spacial score (nSPS) is 19.8. The molecule has 5 heteroatoms. The van der Waals surface area contributed by atoms with Crippen molar-refractivity contribution in [2.24, 2.45) is 0 Å². The van der Waals surface area contributed by atoms with Gasteiger partial charge < -0.3 is 14.5 Å². The first-order valence-corrected chi connectivity index (χ1v) is 5.40. The molecule has 2 heterocycles. The number of aromatic amines is 1. The number of aromatic nitrogens is 3. The zero-order chi connectivity index (χ0) is 11.1. The molecule has 5 nitrogen and oxygen atoms in total. The molecule has 3 rings (SSSR count). The van der Waals surface area contributed by atoms with Crippen LogP contribution in [0.2, 0.25) is 0 Å². The largest absolute Gasteiger partial charge is 0.442 e. The Kier molecular flexibility index (Phi) is 2.07. The van der Waals surface area contributed by atoms with Crippen molar-refractivity contribution < 1.29 is 9.52 Å². The molecular weight excluding hydrogens is 206 g/mol. The Morgan fingerprint density at radius 1 is 1.50 bits per heavy atom. The van der Waals surface area contributed by atoms with Crippen LogP contribution in [0.1, 0.15) is 23.5 Å². The SMILES string of the molecule is Cc1coc(-c2nc3c([nH]2)CC(O)CC3)n1. The van der Waals surface area contributed by atoms with Crippen molar-refractivity contribution in [3.8, 4) is 11.7 Å². The molecule has 0 aliphatic heterocycles. The number of hydrogen-bond acceptors (Lipinski definition) is 4. The Hall–Kier alpha value is -1.62. The van der Waals surface area contributed by atoms with Gasteiger partial charge in [-0.15, -0.1) is 0 Å². The smallest absolute Gasteiger partial charge is 0.263 e. The fourth-order valence-electron chi connectivity index (χ4n) is 2.03. The first kappa shape index (κ1) is 9.59. The number of aryl methyl sites for hydroxylation is 2. The minimum atomic E-state index is -0.257. The number of nitrogens with one attached hydrogen (secondary N) is 1. The summed E-state index contributed by atoms with van der Waals surface area (Å²) in [6.45, 7) is 1.87. The van der Waals surface area contributed by atoms with Crippen LogP contribution in [0, 0.1) is 6.92 Å². The predicted octanol–water partition coefficient (Wildman–Crippen LogP) is 1.22. The first-order valence-electron chi connectivity index (χ1n) is 5.40. The summed E-state index contributed by atoms with van der Waals surface area (Å²) >= 11 is 0. The van der Waals surface area contributed by atoms with E-state index in [4.69, 9.17) is 4.42 Å². The van der Waals surface area contributed by atoms with Crippen molar-refractivity contribution in [1.29, 1.82) is 0 Å². The van der Waals surface area contributed by atoms with Crippen LogP contribution in [-0.2, 0) is 12.8 Å². The highest BCUT2D eigenvalue weighted by Crippen LogP contribution is 2.23. The molecule has 2 aromatic rings. The highest BCUT2D eigenvalue weighted by molar-refractivity contribution is 5.43. The Balaban J connectivity index is 1.98. The lowest BCUT2D eigenvalue weighted by Gasteiger charge is -2.14. The summed E-state index contributed by atoms with van der Waals surface area (Å²) in [6.07, 6.45) is 3.58. The van der Waals surface area contributed by atoms with Crippen molar-refractivity contribution >= 4 is 0 Å². The standard InChI is InChI=1S/C11H13N3O2/c1-6-5-16-11(12-6)10-13-8-3-2-7(15)4-9(8)14-10/h5,7,15H,2-4H2,1H3,(H,13,14). The van der Waals surface area contributed by atoms with E-state index in [9.17, 15) is 5.11 Å². The second-order valence-corrected chi connectivity index (χ2v) is 4.20. The number of fused-ring (bicyclic) bond motifs is 1. The van der Waals surface area contributed by atoms with Crippen LogP contribution in [0.5, 0.6) is 0 Å². The third kappa shape index (κ3) is 1.53. The third-order valence-electron chi connectivity index (χ3n) is 2.84. The van der Waals surface area contributed by atoms with Gasteiger partial charge in [0.1, 0.15) is 6.26 Å². The van der Waals surface area contributed by atoms with Crippen molar-refractivity contribution in [2.75, 3.05) is 0 Å². The predicted molar refractivity (Wildman–Crippen MR) is 56.9 cm³/mol. The average Bonchev–Trinajstić information content (AvgIpc) is 2.83. The lowest BCUT2D eigenvalue weighted by Crippen LogP contribution is -2.18. The van der Waals surface area contributed by atoms with Crippen molar-refractivity contribution in [1.82, 2.24) is 15.0 Å². The summed E-state index contributed by atoms with van der Waals surface area (Å²) in [7, 11) is 0. The Morgan fingerprint density at radius 3 is 3.12 bits per heavy atom. The number of oxazole rings is 1. The second-order valence-electron chi connectivity index (χ2n) is 4.20. The van der Waals surface area contributed by atoms with Crippen LogP contribution in [0.4, 0.5) is 0 Å². The van der Waals surface area contributed by atoms with Gasteiger partial charge in [-0.2, -0.15) is 0 Å². The van der Waals surface area contributed by atoms with Gasteiger partial charge in [0.2, 0.25) is 0 Å². The fourth-order valence-corrected chi connectivity index (χ4v) is 2.03. The van der Waals surface area contributed by atoms with Gasteiger partial charge in [-0.25, -0.2) is 9.97 Å². The molecule has 0 bridgehead atoms. The molecule has 0 saturated heterocycles. The number of hydrogen-bond donors (Lipinski definition) is 2. The van der Waals surface area contributed by atoms with Crippen LogP contribution in [0.15, 0.2) is 10.7 Å². The second kappa shape index (κ2) is 3.45. The van der Waals surface area contributed by atoms with E-state index in [2.05, 4.69) is 15.0 Å². The van der Waals surface area contributed by atoms with Gasteiger partial charge in [0.15, 0.2) is 5.82 Å². The molecule has 0 spiro atoms. The molecule has 2 aromatic heterocycles. The van der Waals surface area contributed by atoms with Gasteiger partial charge in [0, 0.05) is 12.1 Å². The van der Waals surface area contributed by atoms with Crippen molar-refractivity contribution in [2.45, 2.75) is 32.3 Å². The molecule has 2 N–H and O–H groups in total. The van der Waals surface area contributed by atoms with E-state index in [1.807, 2.05) is 6.92 Å². The van der Waals surface area contributed by atoms with Crippen LogP contribution in [0.3, 0.4) is 0 Å². The maximum Gasteiger partial charge on any atom is 0.263 e.